The number of phenolic OH excluding ortho intramolecular Hbond substituents is 1. The van der Waals surface area contributed by atoms with Crippen LogP contribution in [0.4, 0.5) is 0 Å². The van der Waals surface area contributed by atoms with Crippen molar-refractivity contribution in [2.75, 3.05) is 0 Å². The maximum atomic E-state index is 9.56. The second-order valence-electron chi connectivity index (χ2n) is 4.21. The van der Waals surface area contributed by atoms with Gasteiger partial charge < -0.3 is 5.11 Å². The molecule has 17 heavy (non-hydrogen) atoms. The molecule has 3 rings (SSSR count). The van der Waals surface area contributed by atoms with Gasteiger partial charge in [0.1, 0.15) is 16.0 Å². The summed E-state index contributed by atoms with van der Waals surface area (Å²) in [7, 11) is 0. The van der Waals surface area contributed by atoms with Crippen molar-refractivity contribution in [1.29, 1.82) is 0 Å². The van der Waals surface area contributed by atoms with Crippen molar-refractivity contribution in [3.05, 3.63) is 40.1 Å². The van der Waals surface area contributed by atoms with Crippen LogP contribution in [0.2, 0.25) is 0 Å². The Kier molecular flexibility index (Phi) is 2.16. The monoisotopic (exact) mass is 290 g/mol. The zero-order chi connectivity index (χ0) is 12.2. The van der Waals surface area contributed by atoms with Gasteiger partial charge in [0.05, 0.1) is 11.2 Å². The van der Waals surface area contributed by atoms with Crippen LogP contribution in [-0.4, -0.2) is 14.5 Å². The summed E-state index contributed by atoms with van der Waals surface area (Å²) in [5, 5.41) is 10.6. The highest BCUT2D eigenvalue weighted by Gasteiger charge is 2.11. The lowest BCUT2D eigenvalue weighted by Crippen LogP contribution is -1.91. The SMILES string of the molecule is Cc1nc2cc(C)c3cc(O)ccc3n2c1Br. The number of hydrogen-bond acceptors (Lipinski definition) is 2. The number of benzene rings is 1. The van der Waals surface area contributed by atoms with E-state index in [9.17, 15) is 5.11 Å². The van der Waals surface area contributed by atoms with Crippen molar-refractivity contribution in [3.8, 4) is 5.75 Å². The van der Waals surface area contributed by atoms with Gasteiger partial charge in [-0.25, -0.2) is 4.98 Å². The minimum Gasteiger partial charge on any atom is -0.508 e. The molecule has 0 radical (unpaired) electrons. The van der Waals surface area contributed by atoms with Crippen LogP contribution < -0.4 is 0 Å². The van der Waals surface area contributed by atoms with Crippen LogP contribution in [0.15, 0.2) is 28.9 Å². The van der Waals surface area contributed by atoms with Gasteiger partial charge in [-0.05, 0) is 59.6 Å². The van der Waals surface area contributed by atoms with E-state index in [4.69, 9.17) is 0 Å². The number of pyridine rings is 1. The van der Waals surface area contributed by atoms with Gasteiger partial charge in [0.2, 0.25) is 0 Å². The average Bonchev–Trinajstić information content (AvgIpc) is 2.55. The van der Waals surface area contributed by atoms with Crippen LogP contribution >= 0.6 is 15.9 Å². The van der Waals surface area contributed by atoms with E-state index in [2.05, 4.69) is 25.3 Å². The number of aromatic nitrogens is 2. The first-order chi connectivity index (χ1) is 8.08. The molecule has 0 spiro atoms. The third kappa shape index (κ3) is 1.44. The van der Waals surface area contributed by atoms with E-state index < -0.39 is 0 Å². The molecule has 0 bridgehead atoms. The molecule has 2 aromatic heterocycles. The fourth-order valence-corrected chi connectivity index (χ4v) is 2.62. The predicted molar refractivity (Wildman–Crippen MR) is 71.5 cm³/mol. The van der Waals surface area contributed by atoms with Gasteiger partial charge in [-0.15, -0.1) is 0 Å². The molecule has 0 aliphatic carbocycles. The van der Waals surface area contributed by atoms with E-state index in [1.54, 1.807) is 12.1 Å². The Bertz CT molecular complexity index is 746. The third-order valence-electron chi connectivity index (χ3n) is 3.00. The first-order valence-electron chi connectivity index (χ1n) is 5.35. The molecule has 0 aliphatic heterocycles. The predicted octanol–water partition coefficient (Wildman–Crippen LogP) is 3.57. The number of fused-ring (bicyclic) bond motifs is 3. The van der Waals surface area contributed by atoms with E-state index in [0.29, 0.717) is 0 Å². The number of halogens is 1. The van der Waals surface area contributed by atoms with Crippen LogP contribution in [0.5, 0.6) is 5.75 Å². The van der Waals surface area contributed by atoms with Gasteiger partial charge in [-0.3, -0.25) is 4.40 Å². The van der Waals surface area contributed by atoms with E-state index in [-0.39, 0.29) is 5.75 Å². The van der Waals surface area contributed by atoms with E-state index >= 15 is 0 Å². The molecule has 0 unspecified atom stereocenters. The van der Waals surface area contributed by atoms with Gasteiger partial charge in [0.25, 0.3) is 0 Å². The Balaban J connectivity index is 2.62. The molecule has 4 heteroatoms. The molecule has 0 amide bonds. The first-order valence-corrected chi connectivity index (χ1v) is 6.14. The molecule has 0 saturated carbocycles. The Hall–Kier alpha value is -1.55. The largest absolute Gasteiger partial charge is 0.508 e. The molecule has 86 valence electrons. The molecule has 1 aromatic carbocycles. The Morgan fingerprint density at radius 1 is 1.24 bits per heavy atom. The minimum absolute atomic E-state index is 0.285. The molecule has 0 atom stereocenters. The first kappa shape index (κ1) is 10.6. The van der Waals surface area contributed by atoms with E-state index in [1.165, 1.54) is 0 Å². The van der Waals surface area contributed by atoms with Crippen LogP contribution in [0, 0.1) is 13.8 Å². The second-order valence-corrected chi connectivity index (χ2v) is 4.96. The number of nitrogens with zero attached hydrogens (tertiary/aromatic N) is 2. The molecular weight excluding hydrogens is 280 g/mol. The summed E-state index contributed by atoms with van der Waals surface area (Å²) in [6.45, 7) is 4.00. The normalized spacial score (nSPS) is 11.5. The van der Waals surface area contributed by atoms with Gasteiger partial charge in [0, 0.05) is 5.39 Å². The zero-order valence-electron chi connectivity index (χ0n) is 9.53. The van der Waals surface area contributed by atoms with E-state index in [0.717, 1.165) is 32.4 Å². The highest BCUT2D eigenvalue weighted by atomic mass is 79.9. The number of hydrogen-bond donors (Lipinski definition) is 1. The highest BCUT2D eigenvalue weighted by molar-refractivity contribution is 9.10. The molecular formula is C13H11BrN2O. The van der Waals surface area contributed by atoms with Crippen molar-refractivity contribution >= 4 is 32.5 Å². The highest BCUT2D eigenvalue weighted by Crippen LogP contribution is 2.29. The topological polar surface area (TPSA) is 37.5 Å². The summed E-state index contributed by atoms with van der Waals surface area (Å²) in [5.41, 5.74) is 4.04. The molecule has 3 nitrogen and oxygen atoms in total. The number of rotatable bonds is 0. The van der Waals surface area contributed by atoms with Gasteiger partial charge in [-0.1, -0.05) is 0 Å². The summed E-state index contributed by atoms with van der Waals surface area (Å²) >= 11 is 3.55. The number of aryl methyl sites for hydroxylation is 2. The number of aromatic hydroxyl groups is 1. The second kappa shape index (κ2) is 3.47. The molecule has 3 aromatic rings. The van der Waals surface area contributed by atoms with Crippen LogP contribution in [0.3, 0.4) is 0 Å². The number of imidazole rings is 1. The van der Waals surface area contributed by atoms with Gasteiger partial charge >= 0.3 is 0 Å². The maximum absolute atomic E-state index is 9.56. The van der Waals surface area contributed by atoms with Crippen molar-refractivity contribution in [2.24, 2.45) is 0 Å². The van der Waals surface area contributed by atoms with E-state index in [1.807, 2.05) is 26.0 Å². The fourth-order valence-electron chi connectivity index (χ4n) is 2.16. The molecule has 0 fully saturated rings. The molecule has 1 N–H and O–H groups in total. The summed E-state index contributed by atoms with van der Waals surface area (Å²) in [5.74, 6) is 0.285. The lowest BCUT2D eigenvalue weighted by Gasteiger charge is -2.07. The molecule has 0 aliphatic rings. The summed E-state index contributed by atoms with van der Waals surface area (Å²) in [6.07, 6.45) is 0. The van der Waals surface area contributed by atoms with Crippen molar-refractivity contribution in [3.63, 3.8) is 0 Å². The number of phenols is 1. The Morgan fingerprint density at radius 2 is 2.00 bits per heavy atom. The van der Waals surface area contributed by atoms with Crippen LogP contribution in [-0.2, 0) is 0 Å². The van der Waals surface area contributed by atoms with Crippen molar-refractivity contribution in [1.82, 2.24) is 9.38 Å². The lowest BCUT2D eigenvalue weighted by atomic mass is 10.1. The Morgan fingerprint density at radius 3 is 2.76 bits per heavy atom. The molecule has 2 heterocycles. The zero-order valence-corrected chi connectivity index (χ0v) is 11.1. The third-order valence-corrected chi connectivity index (χ3v) is 3.93. The van der Waals surface area contributed by atoms with Crippen LogP contribution in [0.1, 0.15) is 11.3 Å². The fraction of sp³-hybridized carbons (Fsp3) is 0.154. The van der Waals surface area contributed by atoms with Crippen molar-refractivity contribution in [2.45, 2.75) is 13.8 Å². The minimum atomic E-state index is 0.285. The van der Waals surface area contributed by atoms with Gasteiger partial charge in [0.15, 0.2) is 0 Å². The Labute approximate surface area is 107 Å². The standard InChI is InChI=1S/C13H11BrN2O/c1-7-5-12-15-8(2)13(14)16(12)11-4-3-9(17)6-10(7)11/h3-6,17H,1-2H3. The van der Waals surface area contributed by atoms with Crippen molar-refractivity contribution < 1.29 is 5.11 Å². The lowest BCUT2D eigenvalue weighted by molar-refractivity contribution is 0.476. The smallest absolute Gasteiger partial charge is 0.138 e. The summed E-state index contributed by atoms with van der Waals surface area (Å²) in [4.78, 5) is 4.50. The van der Waals surface area contributed by atoms with Crippen LogP contribution in [0.25, 0.3) is 16.6 Å². The quantitative estimate of drug-likeness (QED) is 0.687. The molecule has 0 saturated heterocycles. The van der Waals surface area contributed by atoms with Gasteiger partial charge in [-0.2, -0.15) is 0 Å². The maximum Gasteiger partial charge on any atom is 0.138 e. The summed E-state index contributed by atoms with van der Waals surface area (Å²) < 4.78 is 3.01. The average molecular weight is 291 g/mol. The summed E-state index contributed by atoms with van der Waals surface area (Å²) in [6, 6.07) is 7.42.